The Morgan fingerprint density at radius 3 is 2.29 bits per heavy atom. The number of amides is 1. The molecule has 21 heavy (non-hydrogen) atoms. The van der Waals surface area contributed by atoms with E-state index < -0.39 is 5.60 Å². The molecular weight excluding hydrogens is 264 g/mol. The van der Waals surface area contributed by atoms with Gasteiger partial charge in [-0.15, -0.1) is 0 Å². The summed E-state index contributed by atoms with van der Waals surface area (Å²) in [6.45, 7) is 13.9. The first kappa shape index (κ1) is 20.2. The minimum absolute atomic E-state index is 0.251. The van der Waals surface area contributed by atoms with Gasteiger partial charge < -0.3 is 15.0 Å². The molecule has 1 amide bonds. The van der Waals surface area contributed by atoms with Crippen molar-refractivity contribution in [3.63, 3.8) is 0 Å². The van der Waals surface area contributed by atoms with Gasteiger partial charge in [0.1, 0.15) is 5.60 Å². The van der Waals surface area contributed by atoms with Gasteiger partial charge in [-0.25, -0.2) is 4.79 Å². The zero-order chi connectivity index (χ0) is 16.5. The number of hydrogen-bond acceptors (Lipinski definition) is 3. The zero-order valence-electron chi connectivity index (χ0n) is 15.2. The summed E-state index contributed by atoms with van der Waals surface area (Å²) in [5, 5.41) is 3.58. The molecular formula is C17H36N2O2. The maximum absolute atomic E-state index is 11.9. The van der Waals surface area contributed by atoms with Crippen LogP contribution in [-0.4, -0.2) is 42.8 Å². The second kappa shape index (κ2) is 10.0. The van der Waals surface area contributed by atoms with Gasteiger partial charge in [0.25, 0.3) is 0 Å². The number of rotatable bonds is 9. The minimum atomic E-state index is -0.430. The van der Waals surface area contributed by atoms with Crippen LogP contribution in [0.25, 0.3) is 0 Å². The smallest absolute Gasteiger partial charge is 0.410 e. The Labute approximate surface area is 131 Å². The molecule has 0 radical (unpaired) electrons. The first-order chi connectivity index (χ1) is 9.65. The average Bonchev–Trinajstić information content (AvgIpc) is 2.33. The Morgan fingerprint density at radius 1 is 1.19 bits per heavy atom. The molecule has 0 fully saturated rings. The molecule has 0 heterocycles. The van der Waals surface area contributed by atoms with E-state index in [-0.39, 0.29) is 6.09 Å². The van der Waals surface area contributed by atoms with Gasteiger partial charge in [0, 0.05) is 26.2 Å². The van der Waals surface area contributed by atoms with Crippen LogP contribution < -0.4 is 5.32 Å². The normalized spacial score (nSPS) is 13.3. The van der Waals surface area contributed by atoms with E-state index in [4.69, 9.17) is 4.74 Å². The van der Waals surface area contributed by atoms with Crippen LogP contribution in [0.3, 0.4) is 0 Å². The molecule has 0 rings (SSSR count). The van der Waals surface area contributed by atoms with Gasteiger partial charge in [-0.1, -0.05) is 27.2 Å². The highest BCUT2D eigenvalue weighted by Gasteiger charge is 2.19. The van der Waals surface area contributed by atoms with E-state index in [1.54, 1.807) is 11.9 Å². The van der Waals surface area contributed by atoms with E-state index in [0.29, 0.717) is 12.6 Å². The molecule has 0 saturated carbocycles. The van der Waals surface area contributed by atoms with E-state index in [1.807, 2.05) is 20.8 Å². The number of likely N-dealkylation sites (N-methyl/N-ethyl adjacent to an activating group) is 1. The number of carbonyl (C=O) groups excluding carboxylic acids is 1. The summed E-state index contributed by atoms with van der Waals surface area (Å²) in [7, 11) is 1.79. The fraction of sp³-hybridized carbons (Fsp3) is 0.941. The van der Waals surface area contributed by atoms with Crippen molar-refractivity contribution in [1.82, 2.24) is 10.2 Å². The number of nitrogens with one attached hydrogen (secondary N) is 1. The lowest BCUT2D eigenvalue weighted by molar-refractivity contribution is 0.0299. The standard InChI is InChI=1S/C17H36N2O2/c1-8-9-15(11-10-14(2)3)18-12-13-19(7)16(20)21-17(4,5)6/h14-15,18H,8-13H2,1-7H3. The molecule has 126 valence electrons. The van der Waals surface area contributed by atoms with Crippen molar-refractivity contribution >= 4 is 6.09 Å². The SMILES string of the molecule is CCCC(CCC(C)C)NCCN(C)C(=O)OC(C)(C)C. The third-order valence-corrected chi connectivity index (χ3v) is 3.32. The predicted octanol–water partition coefficient (Wildman–Crippen LogP) is 4.05. The Balaban J connectivity index is 4.04. The van der Waals surface area contributed by atoms with Crippen molar-refractivity contribution in [2.45, 2.75) is 78.9 Å². The molecule has 0 spiro atoms. The molecule has 0 aliphatic rings. The van der Waals surface area contributed by atoms with E-state index in [2.05, 4.69) is 26.1 Å². The van der Waals surface area contributed by atoms with Crippen LogP contribution in [0.15, 0.2) is 0 Å². The van der Waals surface area contributed by atoms with Crippen LogP contribution in [0, 0.1) is 5.92 Å². The fourth-order valence-electron chi connectivity index (χ4n) is 2.10. The molecule has 0 saturated heterocycles. The van der Waals surface area contributed by atoms with Gasteiger partial charge in [0.15, 0.2) is 0 Å². The zero-order valence-corrected chi connectivity index (χ0v) is 15.2. The second-order valence-electron chi connectivity index (χ2n) is 7.31. The summed E-state index contributed by atoms with van der Waals surface area (Å²) < 4.78 is 5.34. The highest BCUT2D eigenvalue weighted by Crippen LogP contribution is 2.11. The Bertz CT molecular complexity index is 285. The average molecular weight is 300 g/mol. The van der Waals surface area contributed by atoms with E-state index in [9.17, 15) is 4.79 Å². The maximum Gasteiger partial charge on any atom is 0.410 e. The summed E-state index contributed by atoms with van der Waals surface area (Å²) in [6, 6.07) is 0.560. The monoisotopic (exact) mass is 300 g/mol. The largest absolute Gasteiger partial charge is 0.444 e. The highest BCUT2D eigenvalue weighted by molar-refractivity contribution is 5.67. The van der Waals surface area contributed by atoms with Gasteiger partial charge in [-0.05, 0) is 46.0 Å². The van der Waals surface area contributed by atoms with E-state index in [0.717, 1.165) is 12.5 Å². The molecule has 0 aliphatic heterocycles. The van der Waals surface area contributed by atoms with Gasteiger partial charge in [0.05, 0.1) is 0 Å². The van der Waals surface area contributed by atoms with Crippen molar-refractivity contribution in [2.24, 2.45) is 5.92 Å². The number of hydrogen-bond donors (Lipinski definition) is 1. The maximum atomic E-state index is 11.9. The van der Waals surface area contributed by atoms with E-state index in [1.165, 1.54) is 25.7 Å². The van der Waals surface area contributed by atoms with Crippen molar-refractivity contribution in [3.05, 3.63) is 0 Å². The molecule has 1 N–H and O–H groups in total. The van der Waals surface area contributed by atoms with Crippen molar-refractivity contribution in [2.75, 3.05) is 20.1 Å². The van der Waals surface area contributed by atoms with E-state index >= 15 is 0 Å². The summed E-state index contributed by atoms with van der Waals surface area (Å²) in [5.41, 5.74) is -0.430. The lowest BCUT2D eigenvalue weighted by Crippen LogP contribution is -2.40. The molecule has 0 bridgehead atoms. The van der Waals surface area contributed by atoms with Crippen LogP contribution in [0.5, 0.6) is 0 Å². The van der Waals surface area contributed by atoms with Crippen molar-refractivity contribution in [3.8, 4) is 0 Å². The summed E-state index contributed by atoms with van der Waals surface area (Å²) in [6.07, 6.45) is 4.60. The third kappa shape index (κ3) is 11.6. The topological polar surface area (TPSA) is 41.6 Å². The molecule has 1 unspecified atom stereocenters. The molecule has 0 aromatic heterocycles. The minimum Gasteiger partial charge on any atom is -0.444 e. The van der Waals surface area contributed by atoms with Crippen LogP contribution >= 0.6 is 0 Å². The van der Waals surface area contributed by atoms with Gasteiger partial charge >= 0.3 is 6.09 Å². The van der Waals surface area contributed by atoms with Gasteiger partial charge in [0.2, 0.25) is 0 Å². The van der Waals surface area contributed by atoms with Crippen molar-refractivity contribution in [1.29, 1.82) is 0 Å². The molecule has 1 atom stereocenters. The fourth-order valence-corrected chi connectivity index (χ4v) is 2.10. The number of carbonyl (C=O) groups is 1. The molecule has 4 heteroatoms. The summed E-state index contributed by atoms with van der Waals surface area (Å²) in [5.74, 6) is 0.746. The van der Waals surface area contributed by atoms with Crippen molar-refractivity contribution < 1.29 is 9.53 Å². The van der Waals surface area contributed by atoms with Crippen LogP contribution in [0.4, 0.5) is 4.79 Å². The Hall–Kier alpha value is -0.770. The number of ether oxygens (including phenoxy) is 1. The summed E-state index contributed by atoms with van der Waals surface area (Å²) >= 11 is 0. The van der Waals surface area contributed by atoms with Gasteiger partial charge in [-0.2, -0.15) is 0 Å². The summed E-state index contributed by atoms with van der Waals surface area (Å²) in [4.78, 5) is 13.5. The van der Waals surface area contributed by atoms with Gasteiger partial charge in [-0.3, -0.25) is 0 Å². The Kier molecular flexibility index (Phi) is 9.67. The highest BCUT2D eigenvalue weighted by atomic mass is 16.6. The Morgan fingerprint density at radius 2 is 1.81 bits per heavy atom. The van der Waals surface area contributed by atoms with Crippen LogP contribution in [-0.2, 0) is 4.74 Å². The third-order valence-electron chi connectivity index (χ3n) is 3.32. The lowest BCUT2D eigenvalue weighted by atomic mass is 10.0. The molecule has 0 aliphatic carbocycles. The molecule has 0 aromatic carbocycles. The first-order valence-electron chi connectivity index (χ1n) is 8.33. The lowest BCUT2D eigenvalue weighted by Gasteiger charge is -2.26. The van der Waals surface area contributed by atoms with Crippen LogP contribution in [0.1, 0.15) is 67.2 Å². The van der Waals surface area contributed by atoms with Crippen LogP contribution in [0.2, 0.25) is 0 Å². The molecule has 0 aromatic rings. The second-order valence-corrected chi connectivity index (χ2v) is 7.31. The molecule has 4 nitrogen and oxygen atoms in total. The first-order valence-corrected chi connectivity index (χ1v) is 8.33. The quantitative estimate of drug-likeness (QED) is 0.698. The predicted molar refractivity (Wildman–Crippen MR) is 89.6 cm³/mol. The number of nitrogens with zero attached hydrogens (tertiary/aromatic N) is 1.